The van der Waals surface area contributed by atoms with E-state index in [1.54, 1.807) is 0 Å². The predicted octanol–water partition coefficient (Wildman–Crippen LogP) is 4.17. The Kier molecular flexibility index (Phi) is 5.09. The number of likely N-dealkylation sites (tertiary alicyclic amines) is 2. The van der Waals surface area contributed by atoms with Gasteiger partial charge in [-0.3, -0.25) is 9.69 Å². The van der Waals surface area contributed by atoms with Gasteiger partial charge in [0.1, 0.15) is 0 Å². The normalized spacial score (nSPS) is 23.3. The van der Waals surface area contributed by atoms with E-state index in [9.17, 15) is 4.79 Å². The molecule has 0 atom stereocenters. The minimum Gasteiger partial charge on any atom is -0.366 e. The van der Waals surface area contributed by atoms with E-state index in [1.807, 2.05) is 18.2 Å². The molecule has 1 spiro atoms. The van der Waals surface area contributed by atoms with E-state index in [-0.39, 0.29) is 5.91 Å². The van der Waals surface area contributed by atoms with Crippen molar-refractivity contribution in [3.8, 4) is 0 Å². The van der Waals surface area contributed by atoms with Crippen LogP contribution in [0.4, 0.5) is 0 Å². The second-order valence-corrected chi connectivity index (χ2v) is 9.58. The fraction of sp³-hybridized carbons (Fsp3) is 0.560. The standard InChI is InChI=1S/C25H33N3O/c26-24(29)23-9-8-19(21-6-1-2-7-22(21)23)18-27-14-10-25(11-15-27)12-16-28(17-13-25)20-4-3-5-20/h1-2,6-9,20H,3-5,10-18H2,(H2,26,29). The van der Waals surface area contributed by atoms with E-state index in [0.29, 0.717) is 11.0 Å². The van der Waals surface area contributed by atoms with Gasteiger partial charge in [0.15, 0.2) is 0 Å². The molecular formula is C25H33N3O. The third-order valence-corrected chi connectivity index (χ3v) is 8.04. The van der Waals surface area contributed by atoms with Gasteiger partial charge in [0.2, 0.25) is 5.91 Å². The zero-order valence-electron chi connectivity index (χ0n) is 17.4. The Morgan fingerprint density at radius 3 is 2.21 bits per heavy atom. The van der Waals surface area contributed by atoms with Gasteiger partial charge < -0.3 is 10.6 Å². The Bertz CT molecular complexity index is 886. The molecule has 1 saturated carbocycles. The summed E-state index contributed by atoms with van der Waals surface area (Å²) in [6.07, 6.45) is 9.77. The van der Waals surface area contributed by atoms with Crippen molar-refractivity contribution in [3.63, 3.8) is 0 Å². The van der Waals surface area contributed by atoms with Gasteiger partial charge in [-0.1, -0.05) is 36.8 Å². The van der Waals surface area contributed by atoms with Crippen molar-refractivity contribution >= 4 is 16.7 Å². The van der Waals surface area contributed by atoms with Crippen LogP contribution in [0.1, 0.15) is 60.9 Å². The topological polar surface area (TPSA) is 49.6 Å². The lowest BCUT2D eigenvalue weighted by Crippen LogP contribution is -2.50. The van der Waals surface area contributed by atoms with Crippen molar-refractivity contribution in [2.75, 3.05) is 26.2 Å². The van der Waals surface area contributed by atoms with Gasteiger partial charge in [-0.2, -0.15) is 0 Å². The van der Waals surface area contributed by atoms with Crippen LogP contribution in [0.25, 0.3) is 10.8 Å². The van der Waals surface area contributed by atoms with Crippen LogP contribution < -0.4 is 5.73 Å². The fourth-order valence-electron chi connectivity index (χ4n) is 5.76. The van der Waals surface area contributed by atoms with Gasteiger partial charge in [0.05, 0.1) is 0 Å². The number of piperidine rings is 2. The van der Waals surface area contributed by atoms with Crippen molar-refractivity contribution < 1.29 is 4.79 Å². The number of benzene rings is 2. The molecule has 2 aromatic carbocycles. The van der Waals surface area contributed by atoms with Crippen molar-refractivity contribution in [3.05, 3.63) is 47.5 Å². The Hall–Kier alpha value is -1.91. The molecule has 154 valence electrons. The van der Waals surface area contributed by atoms with Crippen LogP contribution >= 0.6 is 0 Å². The lowest BCUT2D eigenvalue weighted by atomic mass is 9.70. The Morgan fingerprint density at radius 2 is 1.59 bits per heavy atom. The summed E-state index contributed by atoms with van der Waals surface area (Å²) in [7, 11) is 0. The number of carbonyl (C=O) groups excluding carboxylic acids is 1. The van der Waals surface area contributed by atoms with Gasteiger partial charge >= 0.3 is 0 Å². The van der Waals surface area contributed by atoms with Crippen molar-refractivity contribution in [1.82, 2.24) is 9.80 Å². The number of nitrogens with two attached hydrogens (primary N) is 1. The van der Waals surface area contributed by atoms with Crippen LogP contribution in [-0.4, -0.2) is 47.9 Å². The van der Waals surface area contributed by atoms with Crippen LogP contribution in [0.3, 0.4) is 0 Å². The van der Waals surface area contributed by atoms with Crippen molar-refractivity contribution in [2.45, 2.75) is 57.5 Å². The molecule has 0 radical (unpaired) electrons. The number of carbonyl (C=O) groups is 1. The Balaban J connectivity index is 1.23. The number of amides is 1. The van der Waals surface area contributed by atoms with E-state index < -0.39 is 0 Å². The SMILES string of the molecule is NC(=O)c1ccc(CN2CCC3(CC2)CCN(C2CCC2)CC3)c2ccccc12. The molecule has 1 amide bonds. The molecule has 0 unspecified atom stereocenters. The fourth-order valence-corrected chi connectivity index (χ4v) is 5.76. The zero-order valence-corrected chi connectivity index (χ0v) is 17.4. The maximum absolute atomic E-state index is 11.8. The van der Waals surface area contributed by atoms with Gasteiger partial charge in [-0.15, -0.1) is 0 Å². The summed E-state index contributed by atoms with van der Waals surface area (Å²) >= 11 is 0. The number of hydrogen-bond donors (Lipinski definition) is 1. The molecule has 2 aromatic rings. The highest BCUT2D eigenvalue weighted by Gasteiger charge is 2.39. The van der Waals surface area contributed by atoms with E-state index in [0.717, 1.165) is 23.4 Å². The molecule has 4 heteroatoms. The highest BCUT2D eigenvalue weighted by Crippen LogP contribution is 2.43. The summed E-state index contributed by atoms with van der Waals surface area (Å²) in [6.45, 7) is 5.99. The predicted molar refractivity (Wildman–Crippen MR) is 118 cm³/mol. The van der Waals surface area contributed by atoms with Crippen LogP contribution in [-0.2, 0) is 6.54 Å². The lowest BCUT2D eigenvalue weighted by molar-refractivity contribution is 0.00371. The lowest BCUT2D eigenvalue weighted by Gasteiger charge is -2.50. The summed E-state index contributed by atoms with van der Waals surface area (Å²) in [5.41, 5.74) is 8.11. The summed E-state index contributed by atoms with van der Waals surface area (Å²) in [4.78, 5) is 17.2. The summed E-state index contributed by atoms with van der Waals surface area (Å²) in [6, 6.07) is 13.1. The molecule has 3 fully saturated rings. The maximum atomic E-state index is 11.8. The van der Waals surface area contributed by atoms with Crippen LogP contribution in [0, 0.1) is 5.41 Å². The second-order valence-electron chi connectivity index (χ2n) is 9.58. The van der Waals surface area contributed by atoms with Gasteiger partial charge in [-0.25, -0.2) is 0 Å². The van der Waals surface area contributed by atoms with Crippen molar-refractivity contribution in [2.24, 2.45) is 11.1 Å². The summed E-state index contributed by atoms with van der Waals surface area (Å²) < 4.78 is 0. The maximum Gasteiger partial charge on any atom is 0.249 e. The number of primary amides is 1. The summed E-state index contributed by atoms with van der Waals surface area (Å²) in [5.74, 6) is -0.346. The van der Waals surface area contributed by atoms with E-state index in [2.05, 4.69) is 28.0 Å². The van der Waals surface area contributed by atoms with Gasteiger partial charge in [-0.05, 0) is 92.5 Å². The molecule has 2 N–H and O–H groups in total. The molecule has 2 saturated heterocycles. The first kappa shape index (κ1) is 19.1. The molecule has 1 aliphatic carbocycles. The Morgan fingerprint density at radius 1 is 0.931 bits per heavy atom. The van der Waals surface area contributed by atoms with E-state index >= 15 is 0 Å². The quantitative estimate of drug-likeness (QED) is 0.851. The third-order valence-electron chi connectivity index (χ3n) is 8.04. The number of hydrogen-bond acceptors (Lipinski definition) is 3. The third kappa shape index (κ3) is 3.69. The molecule has 29 heavy (non-hydrogen) atoms. The average molecular weight is 392 g/mol. The molecule has 2 aliphatic heterocycles. The molecule has 4 nitrogen and oxygen atoms in total. The molecule has 5 rings (SSSR count). The molecule has 3 aliphatic rings. The first-order valence-corrected chi connectivity index (χ1v) is 11.4. The van der Waals surface area contributed by atoms with Crippen LogP contribution in [0.2, 0.25) is 0 Å². The number of fused-ring (bicyclic) bond motifs is 1. The smallest absolute Gasteiger partial charge is 0.249 e. The number of nitrogens with zero attached hydrogens (tertiary/aromatic N) is 2. The second kappa shape index (κ2) is 7.73. The minimum absolute atomic E-state index is 0.346. The molecule has 0 aromatic heterocycles. The zero-order chi connectivity index (χ0) is 19.8. The monoisotopic (exact) mass is 391 g/mol. The molecular weight excluding hydrogens is 358 g/mol. The van der Waals surface area contributed by atoms with E-state index in [1.165, 1.54) is 76.7 Å². The minimum atomic E-state index is -0.346. The highest BCUT2D eigenvalue weighted by atomic mass is 16.1. The van der Waals surface area contributed by atoms with Gasteiger partial charge in [0, 0.05) is 18.2 Å². The van der Waals surface area contributed by atoms with Crippen LogP contribution in [0.15, 0.2) is 36.4 Å². The Labute approximate surface area is 174 Å². The van der Waals surface area contributed by atoms with Crippen molar-refractivity contribution in [1.29, 1.82) is 0 Å². The first-order valence-electron chi connectivity index (χ1n) is 11.4. The largest absolute Gasteiger partial charge is 0.366 e. The highest BCUT2D eigenvalue weighted by molar-refractivity contribution is 6.07. The number of rotatable bonds is 4. The molecule has 2 heterocycles. The van der Waals surface area contributed by atoms with E-state index in [4.69, 9.17) is 5.73 Å². The van der Waals surface area contributed by atoms with Gasteiger partial charge in [0.25, 0.3) is 0 Å². The van der Waals surface area contributed by atoms with Crippen LogP contribution in [0.5, 0.6) is 0 Å². The summed E-state index contributed by atoms with van der Waals surface area (Å²) in [5, 5.41) is 2.15. The first-order chi connectivity index (χ1) is 14.1. The molecule has 0 bridgehead atoms. The average Bonchev–Trinajstić information content (AvgIpc) is 2.70.